The number of halogens is 3. The molecule has 0 aliphatic heterocycles. The van der Waals surface area contributed by atoms with Crippen molar-refractivity contribution in [3.05, 3.63) is 39.8 Å². The Balaban J connectivity index is 0.00000420. The molecular formula is C19H27F2IN4O2S. The third kappa shape index (κ3) is 8.69. The first-order valence-electron chi connectivity index (χ1n) is 9.16. The number of benzene rings is 1. The van der Waals surface area contributed by atoms with Crippen molar-refractivity contribution in [2.45, 2.75) is 40.3 Å². The number of thiazole rings is 1. The Hall–Kier alpha value is -1.69. The SMILES string of the molecule is CCNC(=NCc1cccc(OCC)c1OC(F)F)NCCc1ncc(C)s1.I. The molecule has 0 saturated heterocycles. The van der Waals surface area contributed by atoms with Gasteiger partial charge in [0.15, 0.2) is 17.5 Å². The van der Waals surface area contributed by atoms with Crippen LogP contribution in [0.15, 0.2) is 29.4 Å². The second-order valence-corrected chi connectivity index (χ2v) is 7.11. The lowest BCUT2D eigenvalue weighted by Crippen LogP contribution is -2.38. The first kappa shape index (κ1) is 25.3. The molecule has 0 fully saturated rings. The lowest BCUT2D eigenvalue weighted by Gasteiger charge is -2.15. The third-order valence-corrected chi connectivity index (χ3v) is 4.59. The quantitative estimate of drug-likeness (QED) is 0.266. The summed E-state index contributed by atoms with van der Waals surface area (Å²) >= 11 is 1.66. The van der Waals surface area contributed by atoms with E-state index in [0.29, 0.717) is 31.2 Å². The molecular weight excluding hydrogens is 513 g/mol. The maximum absolute atomic E-state index is 12.8. The molecule has 6 nitrogen and oxygen atoms in total. The molecule has 2 rings (SSSR count). The highest BCUT2D eigenvalue weighted by Crippen LogP contribution is 2.33. The van der Waals surface area contributed by atoms with Gasteiger partial charge in [-0.3, -0.25) is 0 Å². The third-order valence-electron chi connectivity index (χ3n) is 3.62. The Labute approximate surface area is 191 Å². The van der Waals surface area contributed by atoms with Gasteiger partial charge in [0.1, 0.15) is 0 Å². The summed E-state index contributed by atoms with van der Waals surface area (Å²) in [4.78, 5) is 10.00. The van der Waals surface area contributed by atoms with Crippen LogP contribution in [0.2, 0.25) is 0 Å². The van der Waals surface area contributed by atoms with Gasteiger partial charge in [0, 0.05) is 36.1 Å². The van der Waals surface area contributed by atoms with E-state index in [4.69, 9.17) is 4.74 Å². The number of para-hydroxylation sites is 1. The number of ether oxygens (including phenoxy) is 2. The zero-order valence-corrected chi connectivity index (χ0v) is 19.9. The fraction of sp³-hybridized carbons (Fsp3) is 0.474. The number of nitrogens with one attached hydrogen (secondary N) is 2. The van der Waals surface area contributed by atoms with Crippen molar-refractivity contribution in [1.29, 1.82) is 0 Å². The maximum atomic E-state index is 12.8. The van der Waals surface area contributed by atoms with Crippen LogP contribution in [0.1, 0.15) is 29.3 Å². The van der Waals surface area contributed by atoms with Crippen LogP contribution in [0.3, 0.4) is 0 Å². The van der Waals surface area contributed by atoms with Gasteiger partial charge < -0.3 is 20.1 Å². The lowest BCUT2D eigenvalue weighted by atomic mass is 10.2. The molecule has 0 amide bonds. The number of aryl methyl sites for hydroxylation is 1. The first-order valence-corrected chi connectivity index (χ1v) is 9.98. The maximum Gasteiger partial charge on any atom is 0.387 e. The number of rotatable bonds is 10. The topological polar surface area (TPSA) is 67.8 Å². The van der Waals surface area contributed by atoms with Gasteiger partial charge in [-0.15, -0.1) is 35.3 Å². The fourth-order valence-electron chi connectivity index (χ4n) is 2.49. The second-order valence-electron chi connectivity index (χ2n) is 5.79. The Morgan fingerprint density at radius 1 is 1.28 bits per heavy atom. The zero-order chi connectivity index (χ0) is 20.4. The molecule has 2 aromatic rings. The van der Waals surface area contributed by atoms with Gasteiger partial charge >= 0.3 is 6.61 Å². The fourth-order valence-corrected chi connectivity index (χ4v) is 3.28. The minimum atomic E-state index is -2.93. The summed E-state index contributed by atoms with van der Waals surface area (Å²) in [6.07, 6.45) is 2.64. The predicted octanol–water partition coefficient (Wildman–Crippen LogP) is 4.37. The smallest absolute Gasteiger partial charge is 0.387 e. The minimum absolute atomic E-state index is 0. The van der Waals surface area contributed by atoms with Crippen molar-refractivity contribution in [2.24, 2.45) is 4.99 Å². The van der Waals surface area contributed by atoms with Crippen molar-refractivity contribution in [3.63, 3.8) is 0 Å². The summed E-state index contributed by atoms with van der Waals surface area (Å²) in [5.41, 5.74) is 0.527. The Morgan fingerprint density at radius 3 is 2.69 bits per heavy atom. The van der Waals surface area contributed by atoms with Crippen LogP contribution in [0.4, 0.5) is 8.78 Å². The molecule has 0 aliphatic rings. The zero-order valence-electron chi connectivity index (χ0n) is 16.7. The van der Waals surface area contributed by atoms with E-state index in [1.54, 1.807) is 36.5 Å². The average Bonchev–Trinajstić information content (AvgIpc) is 3.06. The highest BCUT2D eigenvalue weighted by molar-refractivity contribution is 14.0. The molecule has 1 aromatic heterocycles. The number of nitrogens with zero attached hydrogens (tertiary/aromatic N) is 2. The van der Waals surface area contributed by atoms with E-state index in [9.17, 15) is 8.78 Å². The average molecular weight is 540 g/mol. The van der Waals surface area contributed by atoms with Crippen molar-refractivity contribution in [2.75, 3.05) is 19.7 Å². The number of alkyl halides is 2. The van der Waals surface area contributed by atoms with Crippen LogP contribution >= 0.6 is 35.3 Å². The van der Waals surface area contributed by atoms with Crippen molar-refractivity contribution in [1.82, 2.24) is 15.6 Å². The highest BCUT2D eigenvalue weighted by Gasteiger charge is 2.15. The van der Waals surface area contributed by atoms with E-state index in [0.717, 1.165) is 11.4 Å². The van der Waals surface area contributed by atoms with Crippen molar-refractivity contribution >= 4 is 41.3 Å². The molecule has 0 aliphatic carbocycles. The molecule has 29 heavy (non-hydrogen) atoms. The molecule has 0 saturated carbocycles. The summed E-state index contributed by atoms with van der Waals surface area (Å²) in [5.74, 6) is 0.908. The van der Waals surface area contributed by atoms with Crippen LogP contribution in [0.25, 0.3) is 0 Å². The largest absolute Gasteiger partial charge is 0.490 e. The number of hydrogen-bond donors (Lipinski definition) is 2. The summed E-state index contributed by atoms with van der Waals surface area (Å²) < 4.78 is 35.7. The van der Waals surface area contributed by atoms with Gasteiger partial charge in [0.05, 0.1) is 18.2 Å². The first-order chi connectivity index (χ1) is 13.5. The van der Waals surface area contributed by atoms with Gasteiger partial charge in [-0.2, -0.15) is 8.78 Å². The Morgan fingerprint density at radius 2 is 2.07 bits per heavy atom. The molecule has 0 unspecified atom stereocenters. The molecule has 0 atom stereocenters. The van der Waals surface area contributed by atoms with E-state index < -0.39 is 6.61 Å². The van der Waals surface area contributed by atoms with Gasteiger partial charge in [-0.05, 0) is 26.8 Å². The van der Waals surface area contributed by atoms with E-state index in [-0.39, 0.29) is 42.0 Å². The number of hydrogen-bond acceptors (Lipinski definition) is 5. The van der Waals surface area contributed by atoms with Crippen molar-refractivity contribution in [3.8, 4) is 11.5 Å². The van der Waals surface area contributed by atoms with E-state index in [1.807, 2.05) is 20.0 Å². The molecule has 2 N–H and O–H groups in total. The molecule has 1 heterocycles. The molecule has 1 aromatic carbocycles. The summed E-state index contributed by atoms with van der Waals surface area (Å²) in [6.45, 7) is 4.71. The highest BCUT2D eigenvalue weighted by atomic mass is 127. The Bertz CT molecular complexity index is 774. The summed E-state index contributed by atoms with van der Waals surface area (Å²) in [7, 11) is 0. The lowest BCUT2D eigenvalue weighted by molar-refractivity contribution is -0.0520. The van der Waals surface area contributed by atoms with Crippen molar-refractivity contribution < 1.29 is 18.3 Å². The molecule has 162 valence electrons. The van der Waals surface area contributed by atoms with Crippen LogP contribution in [-0.4, -0.2) is 37.3 Å². The van der Waals surface area contributed by atoms with Gasteiger partial charge in [-0.25, -0.2) is 9.98 Å². The molecule has 0 bridgehead atoms. The standard InChI is InChI=1S/C19H26F2N4O2S.HI/c1-4-22-19(23-10-9-16-24-11-13(3)28-16)25-12-14-7-6-8-15(26-5-2)17(14)27-18(20)21;/h6-8,11,18H,4-5,9-10,12H2,1-3H3,(H2,22,23,25);1H. The minimum Gasteiger partial charge on any atom is -0.490 e. The monoisotopic (exact) mass is 540 g/mol. The van der Waals surface area contributed by atoms with Gasteiger partial charge in [0.25, 0.3) is 0 Å². The van der Waals surface area contributed by atoms with Crippen LogP contribution in [-0.2, 0) is 13.0 Å². The number of guanidine groups is 1. The van der Waals surface area contributed by atoms with E-state index in [2.05, 4.69) is 25.3 Å². The van der Waals surface area contributed by atoms with Gasteiger partial charge in [0.2, 0.25) is 0 Å². The van der Waals surface area contributed by atoms with Crippen LogP contribution in [0.5, 0.6) is 11.5 Å². The molecule has 0 radical (unpaired) electrons. The molecule has 10 heteroatoms. The number of aromatic nitrogens is 1. The normalized spacial score (nSPS) is 11.2. The number of aliphatic imine (C=N–C) groups is 1. The molecule has 0 spiro atoms. The summed E-state index contributed by atoms with van der Waals surface area (Å²) in [6, 6.07) is 5.04. The van der Waals surface area contributed by atoms with Crippen LogP contribution in [0, 0.1) is 6.92 Å². The summed E-state index contributed by atoms with van der Waals surface area (Å²) in [5, 5.41) is 7.43. The predicted molar refractivity (Wildman–Crippen MR) is 123 cm³/mol. The second kappa shape index (κ2) is 13.5. The van der Waals surface area contributed by atoms with Gasteiger partial charge in [-0.1, -0.05) is 12.1 Å². The van der Waals surface area contributed by atoms with E-state index in [1.165, 1.54) is 4.88 Å². The Kier molecular flexibility index (Phi) is 11.8. The van der Waals surface area contributed by atoms with E-state index >= 15 is 0 Å². The van der Waals surface area contributed by atoms with Crippen LogP contribution < -0.4 is 20.1 Å².